The zero-order chi connectivity index (χ0) is 19.0. The molecule has 10 heteroatoms. The molecule has 0 heterocycles. The average Bonchev–Trinajstić information content (AvgIpc) is 3.06. The fourth-order valence-corrected chi connectivity index (χ4v) is 2.79. The topological polar surface area (TPSA) is 108 Å². The van der Waals surface area contributed by atoms with E-state index in [-0.39, 0.29) is 23.5 Å². The number of halogens is 2. The van der Waals surface area contributed by atoms with Crippen LogP contribution in [0.5, 0.6) is 5.75 Å². The Labute approximate surface area is 153 Å². The van der Waals surface area contributed by atoms with Gasteiger partial charge in [-0.2, -0.15) is 0 Å². The number of nitrogens with zero attached hydrogens (tertiary/aromatic N) is 1. The number of nitro benzene ring substituents is 1. The maximum absolute atomic E-state index is 12.2. The molecule has 2 atom stereocenters. The van der Waals surface area contributed by atoms with Crippen molar-refractivity contribution in [1.29, 1.82) is 0 Å². The van der Waals surface area contributed by atoms with Gasteiger partial charge in [0, 0.05) is 12.5 Å². The SMILES string of the molecule is COc1cc([N+](=O)[O-])ccc1NC(=O)[C@@H](C)OC(=O)[C@]1(C)CC1(Cl)Cl. The Balaban J connectivity index is 2.04. The molecule has 8 nitrogen and oxygen atoms in total. The van der Waals surface area contributed by atoms with Crippen LogP contribution >= 0.6 is 23.2 Å². The lowest BCUT2D eigenvalue weighted by molar-refractivity contribution is -0.384. The minimum absolute atomic E-state index is 0.107. The molecule has 1 fully saturated rings. The molecule has 1 saturated carbocycles. The number of hydrogen-bond donors (Lipinski definition) is 1. The number of carbonyl (C=O) groups is 2. The van der Waals surface area contributed by atoms with E-state index in [1.54, 1.807) is 6.92 Å². The lowest BCUT2D eigenvalue weighted by Crippen LogP contribution is -2.33. The quantitative estimate of drug-likeness (QED) is 0.346. The number of ether oxygens (including phenoxy) is 2. The second-order valence-electron chi connectivity index (χ2n) is 5.89. The lowest BCUT2D eigenvalue weighted by Gasteiger charge is -2.18. The summed E-state index contributed by atoms with van der Waals surface area (Å²) in [6.45, 7) is 2.94. The van der Waals surface area contributed by atoms with Crippen LogP contribution in [0.3, 0.4) is 0 Å². The number of nitro groups is 1. The third-order valence-corrected chi connectivity index (χ3v) is 5.12. The van der Waals surface area contributed by atoms with Gasteiger partial charge in [0.1, 0.15) is 15.5 Å². The van der Waals surface area contributed by atoms with Crippen molar-refractivity contribution in [2.45, 2.75) is 30.7 Å². The number of esters is 1. The van der Waals surface area contributed by atoms with Crippen LogP contribution in [0.1, 0.15) is 20.3 Å². The monoisotopic (exact) mass is 390 g/mol. The van der Waals surface area contributed by atoms with E-state index in [2.05, 4.69) is 5.32 Å². The summed E-state index contributed by atoms with van der Waals surface area (Å²) in [7, 11) is 1.31. The smallest absolute Gasteiger partial charge is 0.315 e. The fraction of sp³-hybridized carbons (Fsp3) is 0.467. The molecule has 1 aromatic rings. The van der Waals surface area contributed by atoms with Gasteiger partial charge in [-0.15, -0.1) is 23.2 Å². The van der Waals surface area contributed by atoms with Crippen LogP contribution in [-0.2, 0) is 14.3 Å². The molecule has 1 aliphatic rings. The van der Waals surface area contributed by atoms with Crippen LogP contribution in [0.15, 0.2) is 18.2 Å². The number of methoxy groups -OCH3 is 1. The van der Waals surface area contributed by atoms with Crippen molar-refractivity contribution >= 4 is 46.5 Å². The van der Waals surface area contributed by atoms with Gasteiger partial charge in [-0.25, -0.2) is 0 Å². The largest absolute Gasteiger partial charge is 0.494 e. The van der Waals surface area contributed by atoms with E-state index in [0.717, 1.165) is 0 Å². The highest BCUT2D eigenvalue weighted by Crippen LogP contribution is 2.64. The molecule has 0 saturated heterocycles. The van der Waals surface area contributed by atoms with Crippen LogP contribution in [0.25, 0.3) is 0 Å². The van der Waals surface area contributed by atoms with Gasteiger partial charge in [-0.3, -0.25) is 19.7 Å². The molecule has 2 rings (SSSR count). The number of alkyl halides is 2. The van der Waals surface area contributed by atoms with Crippen LogP contribution in [-0.4, -0.2) is 34.3 Å². The summed E-state index contributed by atoms with van der Waals surface area (Å²) < 4.78 is 8.95. The summed E-state index contributed by atoms with van der Waals surface area (Å²) in [6, 6.07) is 3.72. The Morgan fingerprint density at radius 3 is 2.48 bits per heavy atom. The Morgan fingerprint density at radius 2 is 2.00 bits per heavy atom. The molecule has 0 radical (unpaired) electrons. The predicted molar refractivity (Wildman–Crippen MR) is 91.0 cm³/mol. The highest BCUT2D eigenvalue weighted by Gasteiger charge is 2.69. The van der Waals surface area contributed by atoms with Gasteiger partial charge in [-0.05, 0) is 19.9 Å². The molecule has 25 heavy (non-hydrogen) atoms. The van der Waals surface area contributed by atoms with Crippen LogP contribution in [0.4, 0.5) is 11.4 Å². The molecule has 0 unspecified atom stereocenters. The number of hydrogen-bond acceptors (Lipinski definition) is 6. The minimum Gasteiger partial charge on any atom is -0.494 e. The van der Waals surface area contributed by atoms with Gasteiger partial charge in [-0.1, -0.05) is 0 Å². The Morgan fingerprint density at radius 1 is 1.40 bits per heavy atom. The highest BCUT2D eigenvalue weighted by molar-refractivity contribution is 6.53. The van der Waals surface area contributed by atoms with Crippen molar-refractivity contribution in [3.63, 3.8) is 0 Å². The lowest BCUT2D eigenvalue weighted by atomic mass is 10.1. The summed E-state index contributed by atoms with van der Waals surface area (Å²) in [4.78, 5) is 34.5. The molecule has 1 amide bonds. The third-order valence-electron chi connectivity index (χ3n) is 4.02. The number of anilines is 1. The third kappa shape index (κ3) is 3.80. The van der Waals surface area contributed by atoms with Crippen LogP contribution < -0.4 is 10.1 Å². The van der Waals surface area contributed by atoms with Gasteiger partial charge >= 0.3 is 5.97 Å². The molecular weight excluding hydrogens is 375 g/mol. The van der Waals surface area contributed by atoms with Crippen molar-refractivity contribution in [2.24, 2.45) is 5.41 Å². The van der Waals surface area contributed by atoms with E-state index in [9.17, 15) is 19.7 Å². The molecule has 1 aliphatic carbocycles. The first-order valence-corrected chi connectivity index (χ1v) is 7.99. The first kappa shape index (κ1) is 19.3. The second-order valence-corrected chi connectivity index (χ2v) is 7.38. The van der Waals surface area contributed by atoms with Crippen molar-refractivity contribution < 1.29 is 24.0 Å². The Hall–Kier alpha value is -2.06. The second kappa shape index (κ2) is 6.68. The molecular formula is C15H16Cl2N2O6. The summed E-state index contributed by atoms with van der Waals surface area (Å²) in [6.07, 6.45) is -0.874. The van der Waals surface area contributed by atoms with E-state index in [1.165, 1.54) is 32.2 Å². The van der Waals surface area contributed by atoms with Gasteiger partial charge in [0.05, 0.1) is 23.8 Å². The van der Waals surface area contributed by atoms with Crippen molar-refractivity contribution in [3.8, 4) is 5.75 Å². The molecule has 0 aromatic heterocycles. The molecule has 0 aliphatic heterocycles. The maximum Gasteiger partial charge on any atom is 0.315 e. The summed E-state index contributed by atoms with van der Waals surface area (Å²) in [5, 5.41) is 13.3. The summed E-state index contributed by atoms with van der Waals surface area (Å²) in [5.74, 6) is -1.19. The Kier molecular flexibility index (Phi) is 5.15. The van der Waals surface area contributed by atoms with Crippen molar-refractivity contribution in [1.82, 2.24) is 0 Å². The molecule has 0 spiro atoms. The van der Waals surface area contributed by atoms with Gasteiger partial charge < -0.3 is 14.8 Å². The normalized spacial score (nSPS) is 21.8. The first-order chi connectivity index (χ1) is 11.5. The van der Waals surface area contributed by atoms with E-state index < -0.39 is 32.7 Å². The molecule has 1 N–H and O–H groups in total. The minimum atomic E-state index is -1.19. The van der Waals surface area contributed by atoms with E-state index in [0.29, 0.717) is 0 Å². The number of non-ortho nitro benzene ring substituents is 1. The number of rotatable bonds is 6. The van der Waals surface area contributed by atoms with Crippen LogP contribution in [0, 0.1) is 15.5 Å². The van der Waals surface area contributed by atoms with Gasteiger partial charge in [0.15, 0.2) is 6.10 Å². The van der Waals surface area contributed by atoms with Crippen molar-refractivity contribution in [3.05, 3.63) is 28.3 Å². The molecule has 0 bridgehead atoms. The Bertz CT molecular complexity index is 739. The molecule has 1 aromatic carbocycles. The number of carbonyl (C=O) groups excluding carboxylic acids is 2. The number of nitrogens with one attached hydrogen (secondary N) is 1. The van der Waals surface area contributed by atoms with Gasteiger partial charge in [0.25, 0.3) is 11.6 Å². The van der Waals surface area contributed by atoms with Gasteiger partial charge in [0.2, 0.25) is 0 Å². The molecule has 136 valence electrons. The van der Waals surface area contributed by atoms with E-state index in [1.807, 2.05) is 0 Å². The highest BCUT2D eigenvalue weighted by atomic mass is 35.5. The number of benzene rings is 1. The zero-order valence-corrected chi connectivity index (χ0v) is 15.2. The fourth-order valence-electron chi connectivity index (χ4n) is 2.10. The summed E-state index contributed by atoms with van der Waals surface area (Å²) in [5.41, 5.74) is -1.02. The maximum atomic E-state index is 12.2. The first-order valence-electron chi connectivity index (χ1n) is 7.24. The summed E-state index contributed by atoms with van der Waals surface area (Å²) >= 11 is 11.8. The van der Waals surface area contributed by atoms with E-state index >= 15 is 0 Å². The van der Waals surface area contributed by atoms with E-state index in [4.69, 9.17) is 32.7 Å². The predicted octanol–water partition coefficient (Wildman–Crippen LogP) is 3.06. The standard InChI is InChI=1S/C15H16Cl2N2O6/c1-8(25-13(21)14(2)7-15(14,16)17)12(20)18-10-5-4-9(19(22)23)6-11(10)24-3/h4-6,8H,7H2,1-3H3,(H,18,20)/t8-,14+/m1/s1. The average molecular weight is 391 g/mol. The van der Waals surface area contributed by atoms with Crippen LogP contribution in [0.2, 0.25) is 0 Å². The van der Waals surface area contributed by atoms with Crippen molar-refractivity contribution in [2.75, 3.05) is 12.4 Å². The zero-order valence-electron chi connectivity index (χ0n) is 13.7. The number of amides is 1.